The first-order valence-corrected chi connectivity index (χ1v) is 7.95. The van der Waals surface area contributed by atoms with Crippen molar-refractivity contribution in [2.45, 2.75) is 65.2 Å². The van der Waals surface area contributed by atoms with E-state index in [1.54, 1.807) is 0 Å². The van der Waals surface area contributed by atoms with Crippen molar-refractivity contribution in [2.75, 3.05) is 7.05 Å². The SMILES string of the molecule is CCC1CCC(C)N1Cc1cc(CNC)sc1C. The highest BCUT2D eigenvalue weighted by Gasteiger charge is 2.29. The van der Waals surface area contributed by atoms with Gasteiger partial charge in [-0.2, -0.15) is 0 Å². The zero-order valence-electron chi connectivity index (χ0n) is 12.1. The molecule has 0 aromatic carbocycles. The van der Waals surface area contributed by atoms with Gasteiger partial charge in [0.15, 0.2) is 0 Å². The monoisotopic (exact) mass is 266 g/mol. The van der Waals surface area contributed by atoms with Crippen molar-refractivity contribution < 1.29 is 0 Å². The molecule has 1 fully saturated rings. The van der Waals surface area contributed by atoms with Gasteiger partial charge in [-0.15, -0.1) is 11.3 Å². The number of nitrogens with one attached hydrogen (secondary N) is 1. The minimum absolute atomic E-state index is 0.752. The summed E-state index contributed by atoms with van der Waals surface area (Å²) in [5.74, 6) is 0. The van der Waals surface area contributed by atoms with Gasteiger partial charge in [0.05, 0.1) is 0 Å². The molecule has 2 unspecified atom stereocenters. The predicted octanol–water partition coefficient (Wildman–Crippen LogP) is 3.54. The summed E-state index contributed by atoms with van der Waals surface area (Å²) in [6.45, 7) is 9.11. The largest absolute Gasteiger partial charge is 0.315 e. The van der Waals surface area contributed by atoms with Crippen LogP contribution in [0.25, 0.3) is 0 Å². The van der Waals surface area contributed by atoms with E-state index in [-0.39, 0.29) is 0 Å². The van der Waals surface area contributed by atoms with Gasteiger partial charge in [0, 0.05) is 34.9 Å². The Balaban J connectivity index is 2.08. The van der Waals surface area contributed by atoms with Gasteiger partial charge in [0.1, 0.15) is 0 Å². The second-order valence-corrected chi connectivity index (χ2v) is 6.83. The Morgan fingerprint density at radius 1 is 1.44 bits per heavy atom. The first-order valence-electron chi connectivity index (χ1n) is 7.14. The molecular formula is C15H26N2S. The Morgan fingerprint density at radius 3 is 2.89 bits per heavy atom. The molecule has 2 nitrogen and oxygen atoms in total. The molecule has 102 valence electrons. The highest BCUT2D eigenvalue weighted by atomic mass is 32.1. The summed E-state index contributed by atoms with van der Waals surface area (Å²) >= 11 is 1.94. The van der Waals surface area contributed by atoms with E-state index in [1.807, 2.05) is 18.4 Å². The average molecular weight is 266 g/mol. The maximum absolute atomic E-state index is 3.24. The Hall–Kier alpha value is -0.380. The van der Waals surface area contributed by atoms with Gasteiger partial charge < -0.3 is 5.32 Å². The zero-order valence-corrected chi connectivity index (χ0v) is 12.9. The van der Waals surface area contributed by atoms with E-state index >= 15 is 0 Å². The third-order valence-corrected chi connectivity index (χ3v) is 5.29. The molecule has 0 bridgehead atoms. The van der Waals surface area contributed by atoms with E-state index in [4.69, 9.17) is 0 Å². The molecule has 3 heteroatoms. The summed E-state index contributed by atoms with van der Waals surface area (Å²) in [4.78, 5) is 5.66. The molecule has 2 atom stereocenters. The molecule has 2 heterocycles. The second-order valence-electron chi connectivity index (χ2n) is 5.49. The Morgan fingerprint density at radius 2 is 2.22 bits per heavy atom. The van der Waals surface area contributed by atoms with E-state index < -0.39 is 0 Å². The van der Waals surface area contributed by atoms with Crippen LogP contribution in [0.1, 0.15) is 48.4 Å². The standard InChI is InChI=1S/C15H26N2S/c1-5-14-7-6-11(2)17(14)10-13-8-15(9-16-4)18-12(13)3/h8,11,14,16H,5-7,9-10H2,1-4H3. The van der Waals surface area contributed by atoms with Crippen molar-refractivity contribution in [1.29, 1.82) is 0 Å². The summed E-state index contributed by atoms with van der Waals surface area (Å²) < 4.78 is 0. The van der Waals surface area contributed by atoms with Crippen LogP contribution in [-0.4, -0.2) is 24.0 Å². The molecule has 0 spiro atoms. The molecule has 1 aromatic rings. The smallest absolute Gasteiger partial charge is 0.0296 e. The normalized spacial score (nSPS) is 24.9. The van der Waals surface area contributed by atoms with Gasteiger partial charge in [-0.1, -0.05) is 6.92 Å². The summed E-state index contributed by atoms with van der Waals surface area (Å²) in [7, 11) is 2.02. The fraction of sp³-hybridized carbons (Fsp3) is 0.733. The zero-order chi connectivity index (χ0) is 13.1. The van der Waals surface area contributed by atoms with Crippen molar-refractivity contribution in [1.82, 2.24) is 10.2 Å². The van der Waals surface area contributed by atoms with Crippen LogP contribution in [0.15, 0.2) is 6.07 Å². The second kappa shape index (κ2) is 6.18. The molecule has 18 heavy (non-hydrogen) atoms. The predicted molar refractivity (Wildman–Crippen MR) is 80.1 cm³/mol. The maximum Gasteiger partial charge on any atom is 0.0296 e. The molecule has 1 aliphatic heterocycles. The number of thiophene rings is 1. The van der Waals surface area contributed by atoms with E-state index in [0.717, 1.165) is 25.2 Å². The summed E-state index contributed by atoms with van der Waals surface area (Å²) in [5, 5.41) is 3.24. The first kappa shape index (κ1) is 14.0. The Kier molecular flexibility index (Phi) is 4.82. The van der Waals surface area contributed by atoms with Crippen LogP contribution in [0.4, 0.5) is 0 Å². The highest BCUT2D eigenvalue weighted by Crippen LogP contribution is 2.30. The summed E-state index contributed by atoms with van der Waals surface area (Å²) in [5.41, 5.74) is 1.54. The molecule has 1 aliphatic rings. The molecule has 0 radical (unpaired) electrons. The third kappa shape index (κ3) is 2.95. The van der Waals surface area contributed by atoms with Crippen molar-refractivity contribution >= 4 is 11.3 Å². The number of hydrogen-bond donors (Lipinski definition) is 1. The minimum atomic E-state index is 0.752. The van der Waals surface area contributed by atoms with E-state index in [1.165, 1.54) is 34.6 Å². The lowest BCUT2D eigenvalue weighted by molar-refractivity contribution is 0.189. The van der Waals surface area contributed by atoms with Crippen molar-refractivity contribution in [3.05, 3.63) is 21.4 Å². The number of likely N-dealkylation sites (tertiary alicyclic amines) is 1. The van der Waals surface area contributed by atoms with Gasteiger partial charge in [-0.05, 0) is 51.8 Å². The first-order chi connectivity index (χ1) is 8.65. The molecule has 0 saturated carbocycles. The summed E-state index contributed by atoms with van der Waals surface area (Å²) in [6.07, 6.45) is 4.03. The molecule has 0 amide bonds. The van der Waals surface area contributed by atoms with Gasteiger partial charge in [-0.3, -0.25) is 4.90 Å². The van der Waals surface area contributed by atoms with Gasteiger partial charge in [0.25, 0.3) is 0 Å². The van der Waals surface area contributed by atoms with Crippen LogP contribution < -0.4 is 5.32 Å². The third-order valence-electron chi connectivity index (χ3n) is 4.20. The number of nitrogens with zero attached hydrogens (tertiary/aromatic N) is 1. The number of aryl methyl sites for hydroxylation is 1. The van der Waals surface area contributed by atoms with Crippen molar-refractivity contribution in [3.63, 3.8) is 0 Å². The van der Waals surface area contributed by atoms with Gasteiger partial charge in [-0.25, -0.2) is 0 Å². The van der Waals surface area contributed by atoms with E-state index in [9.17, 15) is 0 Å². The van der Waals surface area contributed by atoms with Crippen LogP contribution >= 0.6 is 11.3 Å². The maximum atomic E-state index is 3.24. The van der Waals surface area contributed by atoms with Crippen LogP contribution in [-0.2, 0) is 13.1 Å². The fourth-order valence-corrected chi connectivity index (χ4v) is 4.12. The van der Waals surface area contributed by atoms with Crippen LogP contribution in [0.3, 0.4) is 0 Å². The van der Waals surface area contributed by atoms with Crippen molar-refractivity contribution in [2.24, 2.45) is 0 Å². The fourth-order valence-electron chi connectivity index (χ4n) is 3.05. The summed E-state index contributed by atoms with van der Waals surface area (Å²) in [6, 6.07) is 3.95. The van der Waals surface area contributed by atoms with Gasteiger partial charge >= 0.3 is 0 Å². The van der Waals surface area contributed by atoms with E-state index in [2.05, 4.69) is 37.1 Å². The number of hydrogen-bond acceptors (Lipinski definition) is 3. The molecule has 1 aromatic heterocycles. The highest BCUT2D eigenvalue weighted by molar-refractivity contribution is 7.12. The van der Waals surface area contributed by atoms with E-state index in [0.29, 0.717) is 0 Å². The van der Waals surface area contributed by atoms with Crippen molar-refractivity contribution in [3.8, 4) is 0 Å². The quantitative estimate of drug-likeness (QED) is 0.877. The van der Waals surface area contributed by atoms with Crippen LogP contribution in [0, 0.1) is 6.92 Å². The lowest BCUT2D eigenvalue weighted by Gasteiger charge is -2.27. The lowest BCUT2D eigenvalue weighted by Crippen LogP contribution is -2.33. The van der Waals surface area contributed by atoms with Gasteiger partial charge in [0.2, 0.25) is 0 Å². The topological polar surface area (TPSA) is 15.3 Å². The molecule has 2 rings (SSSR count). The molecular weight excluding hydrogens is 240 g/mol. The lowest BCUT2D eigenvalue weighted by atomic mass is 10.1. The molecule has 0 aliphatic carbocycles. The minimum Gasteiger partial charge on any atom is -0.315 e. The molecule has 1 N–H and O–H groups in total. The Labute approximate surface area is 115 Å². The Bertz CT molecular complexity index is 386. The average Bonchev–Trinajstić information content (AvgIpc) is 2.86. The van der Waals surface area contributed by atoms with Crippen LogP contribution in [0.5, 0.6) is 0 Å². The van der Waals surface area contributed by atoms with Crippen LogP contribution in [0.2, 0.25) is 0 Å². The molecule has 1 saturated heterocycles. The number of rotatable bonds is 5.